The predicted molar refractivity (Wildman–Crippen MR) is 53.1 cm³/mol. The number of hydrogen-bond donors (Lipinski definition) is 0. The molecule has 1 aliphatic rings. The average Bonchev–Trinajstić information content (AvgIpc) is 2.92. The fourth-order valence-electron chi connectivity index (χ4n) is 1.39. The van der Waals surface area contributed by atoms with Gasteiger partial charge in [0.2, 0.25) is 0 Å². The molecule has 1 aromatic rings. The van der Waals surface area contributed by atoms with Crippen molar-refractivity contribution in [1.82, 2.24) is 0 Å². The van der Waals surface area contributed by atoms with Crippen LogP contribution in [0.1, 0.15) is 18.4 Å². The molecule has 0 aromatic heterocycles. The van der Waals surface area contributed by atoms with Crippen molar-refractivity contribution in [1.29, 1.82) is 0 Å². The molecule has 2 rings (SSSR count). The molecular formula is C10H8Cl2F2. The van der Waals surface area contributed by atoms with E-state index in [1.54, 1.807) is 0 Å². The van der Waals surface area contributed by atoms with Crippen molar-refractivity contribution in [3.05, 3.63) is 33.8 Å². The molecule has 0 unspecified atom stereocenters. The van der Waals surface area contributed by atoms with Gasteiger partial charge in [-0.2, -0.15) is 0 Å². The molecule has 0 spiro atoms. The second kappa shape index (κ2) is 3.35. The minimum absolute atomic E-state index is 0.0330. The van der Waals surface area contributed by atoms with Crippen LogP contribution in [0.25, 0.3) is 0 Å². The molecule has 1 aromatic carbocycles. The van der Waals surface area contributed by atoms with Gasteiger partial charge in [0, 0.05) is 11.5 Å². The van der Waals surface area contributed by atoms with Crippen LogP contribution in [0.5, 0.6) is 0 Å². The van der Waals surface area contributed by atoms with E-state index < -0.39 is 11.8 Å². The summed E-state index contributed by atoms with van der Waals surface area (Å²) in [5.74, 6) is -3.27. The van der Waals surface area contributed by atoms with Crippen LogP contribution in [-0.2, 0) is 5.92 Å². The SMILES string of the molecule is FC(F)(c1ccc(Cl)c(Cl)c1)C1CC1. The summed E-state index contributed by atoms with van der Waals surface area (Å²) in [6.45, 7) is 0. The number of halogens is 4. The normalized spacial score (nSPS) is 17.1. The van der Waals surface area contributed by atoms with E-state index in [9.17, 15) is 8.78 Å². The Bertz CT molecular complexity index is 359. The lowest BCUT2D eigenvalue weighted by atomic mass is 10.0. The van der Waals surface area contributed by atoms with Gasteiger partial charge in [0.15, 0.2) is 0 Å². The van der Waals surface area contributed by atoms with Crippen LogP contribution in [0.15, 0.2) is 18.2 Å². The third-order valence-corrected chi connectivity index (χ3v) is 3.13. The molecule has 0 heterocycles. The zero-order valence-corrected chi connectivity index (χ0v) is 8.75. The summed E-state index contributed by atoms with van der Waals surface area (Å²) in [7, 11) is 0. The lowest BCUT2D eigenvalue weighted by Gasteiger charge is -2.16. The van der Waals surface area contributed by atoms with Crippen molar-refractivity contribution < 1.29 is 8.78 Å². The van der Waals surface area contributed by atoms with Crippen molar-refractivity contribution in [3.8, 4) is 0 Å². The molecule has 0 atom stereocenters. The first-order valence-electron chi connectivity index (χ1n) is 4.35. The van der Waals surface area contributed by atoms with E-state index in [2.05, 4.69) is 0 Å². The second-order valence-electron chi connectivity index (χ2n) is 3.53. The Morgan fingerprint density at radius 3 is 2.29 bits per heavy atom. The Labute approximate surface area is 90.8 Å². The monoisotopic (exact) mass is 236 g/mol. The topological polar surface area (TPSA) is 0 Å². The number of alkyl halides is 2. The zero-order chi connectivity index (χ0) is 10.3. The number of benzene rings is 1. The van der Waals surface area contributed by atoms with Gasteiger partial charge in [-0.05, 0) is 25.0 Å². The van der Waals surface area contributed by atoms with Crippen molar-refractivity contribution >= 4 is 23.2 Å². The van der Waals surface area contributed by atoms with Crippen molar-refractivity contribution in [2.75, 3.05) is 0 Å². The molecular weight excluding hydrogens is 229 g/mol. The zero-order valence-electron chi connectivity index (χ0n) is 7.24. The van der Waals surface area contributed by atoms with Gasteiger partial charge in [0.05, 0.1) is 10.0 Å². The van der Waals surface area contributed by atoms with E-state index in [-0.39, 0.29) is 10.6 Å². The van der Waals surface area contributed by atoms with Gasteiger partial charge in [0.1, 0.15) is 0 Å². The molecule has 0 aliphatic heterocycles. The van der Waals surface area contributed by atoms with E-state index in [0.717, 1.165) is 0 Å². The van der Waals surface area contributed by atoms with E-state index in [4.69, 9.17) is 23.2 Å². The van der Waals surface area contributed by atoms with Crippen LogP contribution < -0.4 is 0 Å². The Morgan fingerprint density at radius 1 is 1.14 bits per heavy atom. The number of rotatable bonds is 2. The first kappa shape index (κ1) is 10.2. The van der Waals surface area contributed by atoms with Crippen LogP contribution in [0, 0.1) is 5.92 Å². The molecule has 4 heteroatoms. The van der Waals surface area contributed by atoms with Gasteiger partial charge in [-0.1, -0.05) is 29.3 Å². The lowest BCUT2D eigenvalue weighted by molar-refractivity contribution is -0.0285. The fourth-order valence-corrected chi connectivity index (χ4v) is 1.68. The predicted octanol–water partition coefficient (Wildman–Crippen LogP) is 4.50. The van der Waals surface area contributed by atoms with E-state index >= 15 is 0 Å². The molecule has 0 amide bonds. The first-order chi connectivity index (χ1) is 6.51. The third-order valence-electron chi connectivity index (χ3n) is 2.39. The van der Waals surface area contributed by atoms with E-state index in [1.807, 2.05) is 0 Å². The van der Waals surface area contributed by atoms with Crippen LogP contribution in [0.4, 0.5) is 8.78 Å². The highest BCUT2D eigenvalue weighted by atomic mass is 35.5. The summed E-state index contributed by atoms with van der Waals surface area (Å²) in [6.07, 6.45) is 1.18. The quantitative estimate of drug-likeness (QED) is 0.710. The molecule has 1 fully saturated rings. The summed E-state index contributed by atoms with van der Waals surface area (Å²) < 4.78 is 27.1. The van der Waals surface area contributed by atoms with Crippen molar-refractivity contribution in [2.45, 2.75) is 18.8 Å². The largest absolute Gasteiger partial charge is 0.276 e. The Hall–Kier alpha value is -0.340. The summed E-state index contributed by atoms with van der Waals surface area (Å²) in [4.78, 5) is 0. The van der Waals surface area contributed by atoms with Gasteiger partial charge in [-0.25, -0.2) is 8.78 Å². The Balaban J connectivity index is 2.36. The average molecular weight is 237 g/mol. The van der Waals surface area contributed by atoms with E-state index in [1.165, 1.54) is 18.2 Å². The smallest absolute Gasteiger partial charge is 0.201 e. The van der Waals surface area contributed by atoms with Gasteiger partial charge < -0.3 is 0 Å². The van der Waals surface area contributed by atoms with Crippen molar-refractivity contribution in [3.63, 3.8) is 0 Å². The Kier molecular flexibility index (Phi) is 2.44. The van der Waals surface area contributed by atoms with E-state index in [0.29, 0.717) is 17.9 Å². The standard InChI is InChI=1S/C10H8Cl2F2/c11-8-4-3-7(5-9(8)12)10(13,14)6-1-2-6/h3-6H,1-2H2. The van der Waals surface area contributed by atoms with Crippen molar-refractivity contribution in [2.24, 2.45) is 5.92 Å². The summed E-state index contributed by atoms with van der Waals surface area (Å²) >= 11 is 11.3. The maximum atomic E-state index is 13.6. The molecule has 0 N–H and O–H groups in total. The molecule has 1 saturated carbocycles. The lowest BCUT2D eigenvalue weighted by Crippen LogP contribution is -2.15. The van der Waals surface area contributed by atoms with Gasteiger partial charge in [-0.15, -0.1) is 0 Å². The molecule has 0 radical (unpaired) electrons. The minimum Gasteiger partial charge on any atom is -0.201 e. The molecule has 14 heavy (non-hydrogen) atoms. The number of hydrogen-bond acceptors (Lipinski definition) is 0. The molecule has 1 aliphatic carbocycles. The summed E-state index contributed by atoms with van der Waals surface area (Å²) in [6, 6.07) is 4.00. The molecule has 0 saturated heterocycles. The summed E-state index contributed by atoms with van der Waals surface area (Å²) in [5, 5.41) is 0.492. The van der Waals surface area contributed by atoms with Crippen LogP contribution in [0.2, 0.25) is 10.0 Å². The Morgan fingerprint density at radius 2 is 1.79 bits per heavy atom. The summed E-state index contributed by atoms with van der Waals surface area (Å²) in [5.41, 5.74) is -0.0330. The van der Waals surface area contributed by atoms with Crippen LogP contribution in [-0.4, -0.2) is 0 Å². The van der Waals surface area contributed by atoms with Crippen LogP contribution in [0.3, 0.4) is 0 Å². The van der Waals surface area contributed by atoms with Gasteiger partial charge >= 0.3 is 0 Å². The fraction of sp³-hybridized carbons (Fsp3) is 0.400. The second-order valence-corrected chi connectivity index (χ2v) is 4.34. The maximum absolute atomic E-state index is 13.6. The maximum Gasteiger partial charge on any atom is 0.276 e. The molecule has 0 bridgehead atoms. The highest BCUT2D eigenvalue weighted by molar-refractivity contribution is 6.42. The minimum atomic E-state index is -2.76. The first-order valence-corrected chi connectivity index (χ1v) is 5.11. The van der Waals surface area contributed by atoms with Gasteiger partial charge in [-0.3, -0.25) is 0 Å². The highest BCUT2D eigenvalue weighted by Crippen LogP contribution is 2.50. The molecule has 0 nitrogen and oxygen atoms in total. The van der Waals surface area contributed by atoms with Crippen LogP contribution >= 0.6 is 23.2 Å². The molecule has 76 valence electrons. The third kappa shape index (κ3) is 1.73. The van der Waals surface area contributed by atoms with Gasteiger partial charge in [0.25, 0.3) is 5.92 Å². The highest BCUT2D eigenvalue weighted by Gasteiger charge is 2.47.